The second-order valence-corrected chi connectivity index (χ2v) is 7.21. The van der Waals surface area contributed by atoms with Crippen molar-refractivity contribution in [3.05, 3.63) is 63.9 Å². The number of carboxylic acids is 1. The zero-order chi connectivity index (χ0) is 15.6. The Hall–Kier alpha value is -1.73. The van der Waals surface area contributed by atoms with Crippen molar-refractivity contribution >= 4 is 31.7 Å². The third kappa shape index (κ3) is 3.68. The van der Waals surface area contributed by atoms with Gasteiger partial charge in [0.05, 0.1) is 11.3 Å². The van der Waals surface area contributed by atoms with Crippen LogP contribution in [0.4, 0.5) is 4.39 Å². The van der Waals surface area contributed by atoms with E-state index in [2.05, 4.69) is 15.9 Å². The van der Waals surface area contributed by atoms with Crippen molar-refractivity contribution in [2.24, 2.45) is 0 Å². The number of hydrogen-bond donors (Lipinski definition) is 1. The van der Waals surface area contributed by atoms with E-state index in [1.54, 1.807) is 24.3 Å². The molecule has 110 valence electrons. The highest BCUT2D eigenvalue weighted by atomic mass is 79.9. The third-order valence-corrected chi connectivity index (χ3v) is 4.95. The van der Waals surface area contributed by atoms with Crippen LogP contribution in [0.15, 0.2) is 51.8 Å². The fraction of sp³-hybridized carbons (Fsp3) is 0.0714. The summed E-state index contributed by atoms with van der Waals surface area (Å²) in [5.41, 5.74) is 0.203. The molecular formula is C14H10BrFO4S. The lowest BCUT2D eigenvalue weighted by atomic mass is 10.2. The van der Waals surface area contributed by atoms with Crippen molar-refractivity contribution in [2.45, 2.75) is 10.6 Å². The Kier molecular flexibility index (Phi) is 4.43. The van der Waals surface area contributed by atoms with Gasteiger partial charge in [0.25, 0.3) is 0 Å². The van der Waals surface area contributed by atoms with Crippen LogP contribution in [-0.4, -0.2) is 19.5 Å². The Morgan fingerprint density at radius 2 is 1.90 bits per heavy atom. The molecule has 1 N–H and O–H groups in total. The van der Waals surface area contributed by atoms with Crippen molar-refractivity contribution in [1.29, 1.82) is 0 Å². The van der Waals surface area contributed by atoms with Crippen LogP contribution in [0, 0.1) is 5.82 Å². The minimum absolute atomic E-state index is 0.274. The van der Waals surface area contributed by atoms with Crippen molar-refractivity contribution in [3.8, 4) is 0 Å². The van der Waals surface area contributed by atoms with Crippen LogP contribution in [0.25, 0.3) is 0 Å². The zero-order valence-electron chi connectivity index (χ0n) is 10.6. The molecule has 21 heavy (non-hydrogen) atoms. The van der Waals surface area contributed by atoms with E-state index in [0.29, 0.717) is 10.0 Å². The smallest absolute Gasteiger partial charge is 0.335 e. The summed E-state index contributed by atoms with van der Waals surface area (Å²) >= 11 is 3.22. The molecule has 7 heteroatoms. The highest BCUT2D eigenvalue weighted by Crippen LogP contribution is 2.22. The van der Waals surface area contributed by atoms with Crippen LogP contribution >= 0.6 is 15.9 Å². The molecule has 0 fully saturated rings. The predicted molar refractivity (Wildman–Crippen MR) is 78.4 cm³/mol. The number of rotatable bonds is 4. The number of aromatic carboxylic acids is 1. The summed E-state index contributed by atoms with van der Waals surface area (Å²) in [4.78, 5) is 10.3. The van der Waals surface area contributed by atoms with Crippen LogP contribution in [0.1, 0.15) is 15.9 Å². The highest BCUT2D eigenvalue weighted by molar-refractivity contribution is 9.10. The van der Waals surface area contributed by atoms with Crippen LogP contribution in [-0.2, 0) is 15.6 Å². The van der Waals surface area contributed by atoms with Gasteiger partial charge in [0.1, 0.15) is 10.7 Å². The lowest BCUT2D eigenvalue weighted by Crippen LogP contribution is -2.09. The summed E-state index contributed by atoms with van der Waals surface area (Å²) in [5, 5.41) is 8.87. The first-order chi connectivity index (χ1) is 9.79. The maximum absolute atomic E-state index is 13.7. The maximum Gasteiger partial charge on any atom is 0.335 e. The molecule has 0 amide bonds. The van der Waals surface area contributed by atoms with Gasteiger partial charge in [-0.1, -0.05) is 28.1 Å². The molecule has 2 aromatic carbocycles. The lowest BCUT2D eigenvalue weighted by Gasteiger charge is -2.07. The Balaban J connectivity index is 2.44. The summed E-state index contributed by atoms with van der Waals surface area (Å²) in [6.45, 7) is 0. The SMILES string of the molecule is O=C(O)c1ccc(F)c(S(=O)(=O)Cc2cccc(Br)c2)c1. The molecule has 0 unspecified atom stereocenters. The molecule has 0 saturated carbocycles. The summed E-state index contributed by atoms with van der Waals surface area (Å²) < 4.78 is 39.0. The predicted octanol–water partition coefficient (Wildman–Crippen LogP) is 3.26. The second-order valence-electron chi connectivity index (χ2n) is 4.34. The third-order valence-electron chi connectivity index (χ3n) is 2.76. The average molecular weight is 373 g/mol. The van der Waals surface area contributed by atoms with E-state index >= 15 is 0 Å². The Labute approximate surface area is 129 Å². The molecule has 0 aliphatic carbocycles. The number of halogens is 2. The van der Waals surface area contributed by atoms with Gasteiger partial charge in [-0.2, -0.15) is 0 Å². The van der Waals surface area contributed by atoms with Gasteiger partial charge in [0, 0.05) is 4.47 Å². The van der Waals surface area contributed by atoms with Gasteiger partial charge in [-0.05, 0) is 35.9 Å². The molecule has 0 aromatic heterocycles. The van der Waals surface area contributed by atoms with Gasteiger partial charge in [0.15, 0.2) is 9.84 Å². The molecule has 0 heterocycles. The van der Waals surface area contributed by atoms with Crippen molar-refractivity contribution in [3.63, 3.8) is 0 Å². The molecule has 0 aliphatic heterocycles. The second kappa shape index (κ2) is 5.95. The van der Waals surface area contributed by atoms with E-state index in [1.807, 2.05) is 0 Å². The van der Waals surface area contributed by atoms with Crippen LogP contribution in [0.3, 0.4) is 0 Å². The lowest BCUT2D eigenvalue weighted by molar-refractivity contribution is 0.0696. The Morgan fingerprint density at radius 1 is 1.19 bits per heavy atom. The monoisotopic (exact) mass is 372 g/mol. The first-order valence-electron chi connectivity index (χ1n) is 5.79. The average Bonchev–Trinajstić information content (AvgIpc) is 2.38. The van der Waals surface area contributed by atoms with Crippen molar-refractivity contribution in [1.82, 2.24) is 0 Å². The van der Waals surface area contributed by atoms with Crippen molar-refractivity contribution in [2.75, 3.05) is 0 Å². The molecule has 0 saturated heterocycles. The molecule has 2 aromatic rings. The van der Waals surface area contributed by atoms with Crippen LogP contribution in [0.2, 0.25) is 0 Å². The number of sulfone groups is 1. The fourth-order valence-corrected chi connectivity index (χ4v) is 3.69. The quantitative estimate of drug-likeness (QED) is 0.893. The van der Waals surface area contributed by atoms with Gasteiger partial charge in [-0.25, -0.2) is 17.6 Å². The minimum atomic E-state index is -3.98. The topological polar surface area (TPSA) is 71.4 Å². The van der Waals surface area contributed by atoms with E-state index in [1.165, 1.54) is 0 Å². The summed E-state index contributed by atoms with van der Waals surface area (Å²) in [6, 6.07) is 9.32. The van der Waals surface area contributed by atoms with Gasteiger partial charge in [-0.3, -0.25) is 0 Å². The first-order valence-corrected chi connectivity index (χ1v) is 8.24. The van der Waals surface area contributed by atoms with Gasteiger partial charge in [0.2, 0.25) is 0 Å². The van der Waals surface area contributed by atoms with Crippen LogP contribution in [0.5, 0.6) is 0 Å². The number of carbonyl (C=O) groups is 1. The highest BCUT2D eigenvalue weighted by Gasteiger charge is 2.21. The molecule has 0 bridgehead atoms. The zero-order valence-corrected chi connectivity index (χ0v) is 13.0. The molecule has 0 atom stereocenters. The summed E-state index contributed by atoms with van der Waals surface area (Å²) in [5.74, 6) is -2.68. The number of hydrogen-bond acceptors (Lipinski definition) is 3. The molecule has 0 spiro atoms. The van der Waals surface area contributed by atoms with Gasteiger partial charge >= 0.3 is 5.97 Å². The van der Waals surface area contributed by atoms with E-state index in [-0.39, 0.29) is 5.56 Å². The Bertz CT molecular complexity index is 802. The van der Waals surface area contributed by atoms with E-state index < -0.39 is 32.3 Å². The molecule has 0 radical (unpaired) electrons. The van der Waals surface area contributed by atoms with E-state index in [4.69, 9.17) is 5.11 Å². The normalized spacial score (nSPS) is 11.3. The van der Waals surface area contributed by atoms with Gasteiger partial charge in [-0.15, -0.1) is 0 Å². The molecule has 0 aliphatic rings. The minimum Gasteiger partial charge on any atom is -0.478 e. The summed E-state index contributed by atoms with van der Waals surface area (Å²) in [6.07, 6.45) is 0. The van der Waals surface area contributed by atoms with Gasteiger partial charge < -0.3 is 5.11 Å². The standard InChI is InChI=1S/C14H10BrFO4S/c15-11-3-1-2-9(6-11)8-21(19,20)13-7-10(14(17)18)4-5-12(13)16/h1-7H,8H2,(H,17,18). The molecule has 4 nitrogen and oxygen atoms in total. The molecular weight excluding hydrogens is 363 g/mol. The number of benzene rings is 2. The van der Waals surface area contributed by atoms with Crippen molar-refractivity contribution < 1.29 is 22.7 Å². The maximum atomic E-state index is 13.7. The largest absolute Gasteiger partial charge is 0.478 e. The Morgan fingerprint density at radius 3 is 2.52 bits per heavy atom. The van der Waals surface area contributed by atoms with E-state index in [9.17, 15) is 17.6 Å². The summed E-state index contributed by atoms with van der Waals surface area (Å²) in [7, 11) is -3.98. The molecule has 2 rings (SSSR count). The van der Waals surface area contributed by atoms with Crippen LogP contribution < -0.4 is 0 Å². The first kappa shape index (κ1) is 15.7. The van der Waals surface area contributed by atoms with E-state index in [0.717, 1.165) is 18.2 Å². The fourth-order valence-electron chi connectivity index (χ4n) is 1.80. The number of carboxylic acid groups (broad SMARTS) is 1.